The highest BCUT2D eigenvalue weighted by molar-refractivity contribution is 5.82. The molecule has 0 bridgehead atoms. The van der Waals surface area contributed by atoms with Gasteiger partial charge in [-0.15, -0.1) is 0 Å². The van der Waals surface area contributed by atoms with Crippen molar-refractivity contribution >= 4 is 5.91 Å². The zero-order valence-electron chi connectivity index (χ0n) is 12.7. The minimum Gasteiger partial charge on any atom is -0.485 e. The number of carbonyl (C=O) groups is 1. The molecule has 2 fully saturated rings. The first-order chi connectivity index (χ1) is 10.8. The van der Waals surface area contributed by atoms with Gasteiger partial charge < -0.3 is 19.7 Å². The lowest BCUT2D eigenvalue weighted by Crippen LogP contribution is -2.51. The van der Waals surface area contributed by atoms with E-state index in [0.29, 0.717) is 17.8 Å². The summed E-state index contributed by atoms with van der Waals surface area (Å²) in [7, 11) is 0. The Balaban J connectivity index is 1.39. The molecule has 1 atom stereocenters. The summed E-state index contributed by atoms with van der Waals surface area (Å²) in [5, 5.41) is 3.45. The Hall–Kier alpha value is -1.75. The van der Waals surface area contributed by atoms with Crippen molar-refractivity contribution in [1.82, 2.24) is 10.2 Å². The summed E-state index contributed by atoms with van der Waals surface area (Å²) in [4.78, 5) is 14.6. The van der Waals surface area contributed by atoms with Crippen LogP contribution in [0, 0.1) is 5.41 Å². The summed E-state index contributed by atoms with van der Waals surface area (Å²) < 4.78 is 11.5. The summed E-state index contributed by atoms with van der Waals surface area (Å²) in [5.41, 5.74) is 0.424. The van der Waals surface area contributed by atoms with Crippen molar-refractivity contribution in [3.8, 4) is 11.5 Å². The molecule has 5 heteroatoms. The van der Waals surface area contributed by atoms with E-state index < -0.39 is 6.10 Å². The van der Waals surface area contributed by atoms with Crippen LogP contribution in [0.3, 0.4) is 0 Å². The number of nitrogens with one attached hydrogen (secondary N) is 1. The normalized spacial score (nSPS) is 26.2. The molecule has 5 nitrogen and oxygen atoms in total. The number of hydrogen-bond donors (Lipinski definition) is 1. The fourth-order valence-corrected chi connectivity index (χ4v) is 3.77. The average molecular weight is 302 g/mol. The molecule has 1 amide bonds. The van der Waals surface area contributed by atoms with Crippen molar-refractivity contribution in [2.45, 2.75) is 25.4 Å². The number of nitrogens with zero attached hydrogens (tertiary/aromatic N) is 1. The maximum Gasteiger partial charge on any atom is 0.267 e. The van der Waals surface area contributed by atoms with Crippen molar-refractivity contribution < 1.29 is 14.3 Å². The smallest absolute Gasteiger partial charge is 0.267 e. The monoisotopic (exact) mass is 302 g/mol. The summed E-state index contributed by atoms with van der Waals surface area (Å²) in [6.45, 7) is 4.19. The van der Waals surface area contributed by atoms with Gasteiger partial charge in [0.1, 0.15) is 6.61 Å². The van der Waals surface area contributed by atoms with Crippen LogP contribution in [0.5, 0.6) is 11.5 Å². The third-order valence-corrected chi connectivity index (χ3v) is 5.25. The first-order valence-corrected chi connectivity index (χ1v) is 8.14. The number of hydrogen-bond acceptors (Lipinski definition) is 4. The molecule has 1 spiro atoms. The van der Waals surface area contributed by atoms with Gasteiger partial charge in [-0.25, -0.2) is 0 Å². The summed E-state index contributed by atoms with van der Waals surface area (Å²) in [6.07, 6.45) is 2.92. The molecular weight excluding hydrogens is 280 g/mol. The van der Waals surface area contributed by atoms with E-state index in [1.807, 2.05) is 29.2 Å². The number of fused-ring (bicyclic) bond motifs is 1. The number of piperidine rings is 1. The second kappa shape index (κ2) is 5.47. The highest BCUT2D eigenvalue weighted by atomic mass is 16.6. The third kappa shape index (κ3) is 2.43. The Labute approximate surface area is 130 Å². The van der Waals surface area contributed by atoms with Crippen molar-refractivity contribution in [2.24, 2.45) is 5.41 Å². The molecule has 0 saturated carbocycles. The van der Waals surface area contributed by atoms with Crippen LogP contribution in [0.4, 0.5) is 0 Å². The quantitative estimate of drug-likeness (QED) is 0.852. The van der Waals surface area contributed by atoms with Crippen LogP contribution < -0.4 is 14.8 Å². The molecule has 22 heavy (non-hydrogen) atoms. The number of ether oxygens (including phenoxy) is 2. The van der Waals surface area contributed by atoms with Gasteiger partial charge in [-0.05, 0) is 43.4 Å². The molecule has 1 unspecified atom stereocenters. The predicted octanol–water partition coefficient (Wildman–Crippen LogP) is 1.43. The zero-order chi connectivity index (χ0) is 15.0. The van der Waals surface area contributed by atoms with Gasteiger partial charge in [-0.2, -0.15) is 0 Å². The number of amides is 1. The summed E-state index contributed by atoms with van der Waals surface area (Å²) in [5.74, 6) is 1.46. The lowest BCUT2D eigenvalue weighted by Gasteiger charge is -2.40. The maximum atomic E-state index is 12.7. The van der Waals surface area contributed by atoms with E-state index in [9.17, 15) is 4.79 Å². The topological polar surface area (TPSA) is 50.8 Å². The van der Waals surface area contributed by atoms with Crippen LogP contribution in [0.15, 0.2) is 24.3 Å². The molecule has 2 saturated heterocycles. The van der Waals surface area contributed by atoms with Crippen molar-refractivity contribution in [2.75, 3.05) is 32.8 Å². The van der Waals surface area contributed by atoms with Gasteiger partial charge in [-0.3, -0.25) is 4.79 Å². The van der Waals surface area contributed by atoms with Crippen LogP contribution in [-0.2, 0) is 4.79 Å². The van der Waals surface area contributed by atoms with E-state index in [2.05, 4.69) is 5.32 Å². The van der Waals surface area contributed by atoms with Crippen LogP contribution in [0.1, 0.15) is 19.3 Å². The van der Waals surface area contributed by atoms with Gasteiger partial charge in [0.25, 0.3) is 5.91 Å². The average Bonchev–Trinajstić information content (AvgIpc) is 3.02. The van der Waals surface area contributed by atoms with Crippen LogP contribution >= 0.6 is 0 Å². The third-order valence-electron chi connectivity index (χ3n) is 5.25. The lowest BCUT2D eigenvalue weighted by atomic mass is 9.78. The van der Waals surface area contributed by atoms with Crippen LogP contribution in [-0.4, -0.2) is 49.7 Å². The zero-order valence-corrected chi connectivity index (χ0v) is 12.7. The highest BCUT2D eigenvalue weighted by Gasteiger charge is 2.40. The molecule has 1 N–H and O–H groups in total. The second-order valence-corrected chi connectivity index (χ2v) is 6.62. The van der Waals surface area contributed by atoms with Crippen molar-refractivity contribution in [1.29, 1.82) is 0 Å². The standard InChI is InChI=1S/C17H22N2O3/c20-16(15-11-21-13-3-1-2-4-14(13)22-15)19-9-6-17(7-10-19)5-8-18-12-17/h1-4,15,18H,5-12H2. The molecule has 3 aliphatic rings. The SMILES string of the molecule is O=C(C1COc2ccccc2O1)N1CCC2(CCNC2)CC1. The van der Waals surface area contributed by atoms with E-state index in [4.69, 9.17) is 9.47 Å². The number of benzene rings is 1. The van der Waals surface area contributed by atoms with Gasteiger partial charge in [0, 0.05) is 19.6 Å². The van der Waals surface area contributed by atoms with Crippen molar-refractivity contribution in [3.05, 3.63) is 24.3 Å². The molecular formula is C17H22N2O3. The number of para-hydroxylation sites is 2. The number of likely N-dealkylation sites (tertiary alicyclic amines) is 1. The molecule has 0 aromatic heterocycles. The Morgan fingerprint density at radius 2 is 1.95 bits per heavy atom. The predicted molar refractivity (Wildman–Crippen MR) is 82.1 cm³/mol. The van der Waals surface area contributed by atoms with Crippen LogP contribution in [0.25, 0.3) is 0 Å². The minimum atomic E-state index is -0.509. The fourth-order valence-electron chi connectivity index (χ4n) is 3.77. The molecule has 0 aliphatic carbocycles. The van der Waals surface area contributed by atoms with E-state index in [1.54, 1.807) is 0 Å². The molecule has 4 rings (SSSR count). The molecule has 1 aromatic rings. The second-order valence-electron chi connectivity index (χ2n) is 6.62. The van der Waals surface area contributed by atoms with E-state index in [0.717, 1.165) is 44.8 Å². The lowest BCUT2D eigenvalue weighted by molar-refractivity contribution is -0.143. The summed E-state index contributed by atoms with van der Waals surface area (Å²) in [6, 6.07) is 7.52. The molecule has 118 valence electrons. The Kier molecular flexibility index (Phi) is 3.45. The number of rotatable bonds is 1. The molecule has 1 aromatic carbocycles. The van der Waals surface area contributed by atoms with Gasteiger partial charge >= 0.3 is 0 Å². The maximum absolute atomic E-state index is 12.7. The minimum absolute atomic E-state index is 0.0651. The Morgan fingerprint density at radius 3 is 2.68 bits per heavy atom. The van der Waals surface area contributed by atoms with Crippen LogP contribution in [0.2, 0.25) is 0 Å². The Bertz CT molecular complexity index is 559. The van der Waals surface area contributed by atoms with Gasteiger partial charge in [0.05, 0.1) is 0 Å². The fraction of sp³-hybridized carbons (Fsp3) is 0.588. The molecule has 0 radical (unpaired) electrons. The van der Waals surface area contributed by atoms with E-state index in [1.165, 1.54) is 6.42 Å². The van der Waals surface area contributed by atoms with E-state index >= 15 is 0 Å². The molecule has 3 aliphatic heterocycles. The van der Waals surface area contributed by atoms with Gasteiger partial charge in [-0.1, -0.05) is 12.1 Å². The van der Waals surface area contributed by atoms with Gasteiger partial charge in [0.15, 0.2) is 11.5 Å². The molecule has 3 heterocycles. The van der Waals surface area contributed by atoms with Crippen molar-refractivity contribution in [3.63, 3.8) is 0 Å². The number of carbonyl (C=O) groups excluding carboxylic acids is 1. The first kappa shape index (κ1) is 13.9. The largest absolute Gasteiger partial charge is 0.485 e. The highest BCUT2D eigenvalue weighted by Crippen LogP contribution is 2.37. The summed E-state index contributed by atoms with van der Waals surface area (Å²) >= 11 is 0. The first-order valence-electron chi connectivity index (χ1n) is 8.14. The Morgan fingerprint density at radius 1 is 1.18 bits per heavy atom. The van der Waals surface area contributed by atoms with E-state index in [-0.39, 0.29) is 5.91 Å². The van der Waals surface area contributed by atoms with Gasteiger partial charge in [0.2, 0.25) is 6.10 Å².